The summed E-state index contributed by atoms with van der Waals surface area (Å²) in [5, 5.41) is 3.90. The number of aromatic nitrogens is 1. The minimum atomic E-state index is 0.504. The quantitative estimate of drug-likeness (QED) is 0.911. The van der Waals surface area contributed by atoms with E-state index in [-0.39, 0.29) is 0 Å². The van der Waals surface area contributed by atoms with E-state index in [1.165, 1.54) is 0 Å². The number of nitrogens with one attached hydrogen (secondary N) is 1. The van der Waals surface area contributed by atoms with Gasteiger partial charge in [0.2, 0.25) is 0 Å². The third-order valence-electron chi connectivity index (χ3n) is 2.69. The molecule has 1 aromatic heterocycles. The Morgan fingerprint density at radius 3 is 2.63 bits per heavy atom. The molecule has 2 rings (SSSR count). The molecule has 4 nitrogen and oxygen atoms in total. The van der Waals surface area contributed by atoms with E-state index in [1.54, 1.807) is 26.5 Å². The third-order valence-corrected chi connectivity index (χ3v) is 3.02. The van der Waals surface area contributed by atoms with E-state index in [1.807, 2.05) is 24.3 Å². The van der Waals surface area contributed by atoms with Gasteiger partial charge in [0.15, 0.2) is 11.5 Å². The highest BCUT2D eigenvalue weighted by Crippen LogP contribution is 2.30. The van der Waals surface area contributed by atoms with Crippen LogP contribution in [0.4, 0.5) is 5.69 Å². The molecular weight excluding hydrogens is 264 g/mol. The average molecular weight is 279 g/mol. The van der Waals surface area contributed by atoms with Gasteiger partial charge in [0, 0.05) is 12.3 Å². The summed E-state index contributed by atoms with van der Waals surface area (Å²) in [6, 6.07) is 9.31. The molecule has 0 radical (unpaired) electrons. The van der Waals surface area contributed by atoms with E-state index in [0.29, 0.717) is 23.1 Å². The molecule has 0 atom stereocenters. The lowest BCUT2D eigenvalue weighted by Crippen LogP contribution is -2.05. The monoisotopic (exact) mass is 278 g/mol. The molecule has 1 aromatic carbocycles. The number of anilines is 1. The molecule has 0 saturated heterocycles. The van der Waals surface area contributed by atoms with Crippen LogP contribution in [0, 0.1) is 0 Å². The molecule has 5 heteroatoms. The highest BCUT2D eigenvalue weighted by Gasteiger charge is 2.11. The van der Waals surface area contributed by atoms with Crippen molar-refractivity contribution >= 4 is 17.3 Å². The smallest absolute Gasteiger partial charge is 0.184 e. The second-order valence-corrected chi connectivity index (χ2v) is 4.23. The van der Waals surface area contributed by atoms with Gasteiger partial charge in [-0.15, -0.1) is 0 Å². The van der Waals surface area contributed by atoms with Crippen molar-refractivity contribution in [3.8, 4) is 11.5 Å². The largest absolute Gasteiger partial charge is 0.493 e. The summed E-state index contributed by atoms with van der Waals surface area (Å²) < 4.78 is 10.6. The van der Waals surface area contributed by atoms with Gasteiger partial charge in [0.25, 0.3) is 0 Å². The average Bonchev–Trinajstić information content (AvgIpc) is 2.45. The predicted octanol–water partition coefficient (Wildman–Crippen LogP) is 3.36. The lowest BCUT2D eigenvalue weighted by Gasteiger charge is -2.13. The van der Waals surface area contributed by atoms with E-state index in [4.69, 9.17) is 21.1 Å². The van der Waals surface area contributed by atoms with Crippen LogP contribution in [-0.2, 0) is 6.54 Å². The van der Waals surface area contributed by atoms with Crippen molar-refractivity contribution in [2.45, 2.75) is 6.54 Å². The van der Waals surface area contributed by atoms with Gasteiger partial charge in [0.1, 0.15) is 5.69 Å². The van der Waals surface area contributed by atoms with Crippen LogP contribution in [0.2, 0.25) is 5.02 Å². The lowest BCUT2D eigenvalue weighted by atomic mass is 10.2. The van der Waals surface area contributed by atoms with Gasteiger partial charge in [0.05, 0.1) is 31.5 Å². The maximum absolute atomic E-state index is 6.08. The van der Waals surface area contributed by atoms with Crippen LogP contribution in [0.3, 0.4) is 0 Å². The van der Waals surface area contributed by atoms with Crippen LogP contribution >= 0.6 is 11.6 Å². The molecule has 1 heterocycles. The van der Waals surface area contributed by atoms with Crippen LogP contribution < -0.4 is 14.8 Å². The predicted molar refractivity (Wildman–Crippen MR) is 76.1 cm³/mol. The maximum Gasteiger partial charge on any atom is 0.184 e. The van der Waals surface area contributed by atoms with Gasteiger partial charge in [-0.3, -0.25) is 4.98 Å². The second kappa shape index (κ2) is 6.29. The van der Waals surface area contributed by atoms with Crippen molar-refractivity contribution in [2.24, 2.45) is 0 Å². The van der Waals surface area contributed by atoms with E-state index in [9.17, 15) is 0 Å². The zero-order valence-corrected chi connectivity index (χ0v) is 11.6. The highest BCUT2D eigenvalue weighted by molar-refractivity contribution is 6.33. The number of benzene rings is 1. The summed E-state index contributed by atoms with van der Waals surface area (Å²) in [5.41, 5.74) is 1.62. The van der Waals surface area contributed by atoms with Gasteiger partial charge in [-0.2, -0.15) is 0 Å². The van der Waals surface area contributed by atoms with E-state index < -0.39 is 0 Å². The van der Waals surface area contributed by atoms with Gasteiger partial charge in [-0.05, 0) is 12.1 Å². The lowest BCUT2D eigenvalue weighted by molar-refractivity contribution is 0.350. The molecule has 0 fully saturated rings. The first-order valence-corrected chi connectivity index (χ1v) is 6.18. The number of hydrogen-bond acceptors (Lipinski definition) is 4. The molecule has 0 amide bonds. The molecular formula is C14H15ClN2O2. The zero-order valence-electron chi connectivity index (χ0n) is 10.8. The van der Waals surface area contributed by atoms with Crippen molar-refractivity contribution in [3.63, 3.8) is 0 Å². The first-order chi connectivity index (χ1) is 9.26. The summed E-state index contributed by atoms with van der Waals surface area (Å²) in [6.07, 6.45) is 1.69. The fourth-order valence-corrected chi connectivity index (χ4v) is 1.96. The summed E-state index contributed by atoms with van der Waals surface area (Å²) in [4.78, 5) is 4.29. The first kappa shape index (κ1) is 13.5. The van der Waals surface area contributed by atoms with Gasteiger partial charge in [-0.1, -0.05) is 23.7 Å². The van der Waals surface area contributed by atoms with Crippen LogP contribution in [-0.4, -0.2) is 19.2 Å². The Hall–Kier alpha value is -1.94. The Balaban J connectivity index is 2.18. The number of hydrogen-bond donors (Lipinski definition) is 1. The van der Waals surface area contributed by atoms with Crippen molar-refractivity contribution in [1.29, 1.82) is 0 Å². The van der Waals surface area contributed by atoms with Crippen molar-refractivity contribution < 1.29 is 9.47 Å². The third kappa shape index (κ3) is 3.09. The summed E-state index contributed by atoms with van der Waals surface area (Å²) >= 11 is 6.08. The number of methoxy groups -OCH3 is 2. The standard InChI is InChI=1S/C14H15ClN2O2/c1-18-13-7-8-16-12(14(13)19-2)9-17-11-6-4-3-5-10(11)15/h3-8,17H,9H2,1-2H3. The Morgan fingerprint density at radius 1 is 1.16 bits per heavy atom. The SMILES string of the molecule is COc1ccnc(CNc2ccccc2Cl)c1OC. The van der Waals surface area contributed by atoms with Crippen LogP contribution in [0.25, 0.3) is 0 Å². The van der Waals surface area contributed by atoms with Crippen molar-refractivity contribution in [2.75, 3.05) is 19.5 Å². The number of ether oxygens (including phenoxy) is 2. The van der Waals surface area contributed by atoms with E-state index in [0.717, 1.165) is 11.4 Å². The Morgan fingerprint density at radius 2 is 1.95 bits per heavy atom. The Labute approximate surface area is 117 Å². The molecule has 100 valence electrons. The van der Waals surface area contributed by atoms with Crippen molar-refractivity contribution in [3.05, 3.63) is 47.2 Å². The molecule has 0 saturated carbocycles. The van der Waals surface area contributed by atoms with E-state index >= 15 is 0 Å². The summed E-state index contributed by atoms with van der Waals surface area (Å²) in [5.74, 6) is 1.29. The molecule has 0 bridgehead atoms. The molecule has 0 aliphatic carbocycles. The molecule has 1 N–H and O–H groups in total. The molecule has 0 unspecified atom stereocenters. The zero-order chi connectivity index (χ0) is 13.7. The topological polar surface area (TPSA) is 43.4 Å². The second-order valence-electron chi connectivity index (χ2n) is 3.83. The molecule has 0 aliphatic rings. The minimum absolute atomic E-state index is 0.504. The maximum atomic E-state index is 6.08. The normalized spacial score (nSPS) is 10.1. The number of para-hydroxylation sites is 1. The highest BCUT2D eigenvalue weighted by atomic mass is 35.5. The number of halogens is 1. The fraction of sp³-hybridized carbons (Fsp3) is 0.214. The van der Waals surface area contributed by atoms with Crippen molar-refractivity contribution in [1.82, 2.24) is 4.98 Å². The van der Waals surface area contributed by atoms with Gasteiger partial charge in [-0.25, -0.2) is 0 Å². The number of rotatable bonds is 5. The molecule has 0 aliphatic heterocycles. The number of nitrogens with zero attached hydrogens (tertiary/aromatic N) is 1. The first-order valence-electron chi connectivity index (χ1n) is 5.80. The molecule has 0 spiro atoms. The Kier molecular flexibility index (Phi) is 4.47. The van der Waals surface area contributed by atoms with Crippen LogP contribution in [0.1, 0.15) is 5.69 Å². The van der Waals surface area contributed by atoms with E-state index in [2.05, 4.69) is 10.3 Å². The van der Waals surface area contributed by atoms with Gasteiger partial charge < -0.3 is 14.8 Å². The van der Waals surface area contributed by atoms with Gasteiger partial charge >= 0.3 is 0 Å². The summed E-state index contributed by atoms with van der Waals surface area (Å²) in [7, 11) is 3.20. The Bertz CT molecular complexity index is 561. The number of pyridine rings is 1. The molecule has 2 aromatic rings. The fourth-order valence-electron chi connectivity index (χ4n) is 1.76. The molecule has 19 heavy (non-hydrogen) atoms. The minimum Gasteiger partial charge on any atom is -0.493 e. The summed E-state index contributed by atoms with van der Waals surface area (Å²) in [6.45, 7) is 0.504. The van der Waals surface area contributed by atoms with Crippen LogP contribution in [0.15, 0.2) is 36.5 Å². The van der Waals surface area contributed by atoms with Crippen LogP contribution in [0.5, 0.6) is 11.5 Å².